The Balaban J connectivity index is 1.83. The van der Waals surface area contributed by atoms with Crippen LogP contribution in [0.1, 0.15) is 18.5 Å². The molecule has 0 aliphatic carbocycles. The summed E-state index contributed by atoms with van der Waals surface area (Å²) in [6.07, 6.45) is 1.76. The van der Waals surface area contributed by atoms with E-state index in [1.165, 1.54) is 0 Å². The zero-order valence-electron chi connectivity index (χ0n) is 11.0. The SMILES string of the molecule is CC(Nc1cnc2ccccc2n1)c1ccc(Cl)cc1. The van der Waals surface area contributed by atoms with Crippen LogP contribution in [0.5, 0.6) is 0 Å². The largest absolute Gasteiger partial charge is 0.362 e. The van der Waals surface area contributed by atoms with Crippen LogP contribution < -0.4 is 5.32 Å². The summed E-state index contributed by atoms with van der Waals surface area (Å²) >= 11 is 5.90. The smallest absolute Gasteiger partial charge is 0.145 e. The Morgan fingerprint density at radius 3 is 2.45 bits per heavy atom. The van der Waals surface area contributed by atoms with Gasteiger partial charge in [-0.2, -0.15) is 0 Å². The lowest BCUT2D eigenvalue weighted by Gasteiger charge is -2.15. The molecule has 20 heavy (non-hydrogen) atoms. The van der Waals surface area contributed by atoms with Gasteiger partial charge in [0.2, 0.25) is 0 Å². The van der Waals surface area contributed by atoms with Crippen LogP contribution in [0, 0.1) is 0 Å². The van der Waals surface area contributed by atoms with Crippen LogP contribution in [0.25, 0.3) is 11.0 Å². The number of rotatable bonds is 3. The van der Waals surface area contributed by atoms with E-state index in [0.29, 0.717) is 0 Å². The molecule has 0 radical (unpaired) electrons. The number of nitrogens with one attached hydrogen (secondary N) is 1. The molecular formula is C16H14ClN3. The molecule has 1 unspecified atom stereocenters. The van der Waals surface area contributed by atoms with Crippen LogP contribution in [0.4, 0.5) is 5.82 Å². The molecule has 3 rings (SSSR count). The lowest BCUT2D eigenvalue weighted by molar-refractivity contribution is 0.874. The molecular weight excluding hydrogens is 270 g/mol. The third-order valence-electron chi connectivity index (χ3n) is 3.18. The first-order chi connectivity index (χ1) is 9.72. The molecule has 0 fully saturated rings. The Morgan fingerprint density at radius 2 is 1.70 bits per heavy atom. The number of halogens is 1. The van der Waals surface area contributed by atoms with E-state index in [-0.39, 0.29) is 6.04 Å². The summed E-state index contributed by atoms with van der Waals surface area (Å²) in [4.78, 5) is 8.95. The third-order valence-corrected chi connectivity index (χ3v) is 3.43. The highest BCUT2D eigenvalue weighted by Crippen LogP contribution is 2.20. The lowest BCUT2D eigenvalue weighted by Crippen LogP contribution is -2.08. The third kappa shape index (κ3) is 2.73. The highest BCUT2D eigenvalue weighted by Gasteiger charge is 2.07. The van der Waals surface area contributed by atoms with Crippen LogP contribution >= 0.6 is 11.6 Å². The van der Waals surface area contributed by atoms with Gasteiger partial charge in [0.15, 0.2) is 0 Å². The normalized spacial score (nSPS) is 12.3. The van der Waals surface area contributed by atoms with Crippen LogP contribution in [-0.4, -0.2) is 9.97 Å². The van der Waals surface area contributed by atoms with Gasteiger partial charge in [-0.15, -0.1) is 0 Å². The number of nitrogens with zero attached hydrogens (tertiary/aromatic N) is 2. The van der Waals surface area contributed by atoms with Crippen LogP contribution in [0.3, 0.4) is 0 Å². The summed E-state index contributed by atoms with van der Waals surface area (Å²) in [5.41, 5.74) is 2.95. The number of benzene rings is 2. The predicted molar refractivity (Wildman–Crippen MR) is 83.0 cm³/mol. The van der Waals surface area contributed by atoms with Crippen LogP contribution in [0.2, 0.25) is 5.02 Å². The van der Waals surface area contributed by atoms with Gasteiger partial charge in [0.1, 0.15) is 5.82 Å². The molecule has 0 saturated carbocycles. The zero-order valence-corrected chi connectivity index (χ0v) is 11.8. The molecule has 3 nitrogen and oxygen atoms in total. The minimum Gasteiger partial charge on any atom is -0.362 e. The zero-order chi connectivity index (χ0) is 13.9. The van der Waals surface area contributed by atoms with Crippen molar-refractivity contribution in [3.8, 4) is 0 Å². The fourth-order valence-corrected chi connectivity index (χ4v) is 2.21. The highest BCUT2D eigenvalue weighted by molar-refractivity contribution is 6.30. The van der Waals surface area contributed by atoms with E-state index in [9.17, 15) is 0 Å². The maximum atomic E-state index is 5.90. The number of aromatic nitrogens is 2. The molecule has 3 aromatic rings. The molecule has 100 valence electrons. The fraction of sp³-hybridized carbons (Fsp3) is 0.125. The Kier molecular flexibility index (Phi) is 3.52. The van der Waals surface area contributed by atoms with E-state index in [1.807, 2.05) is 48.5 Å². The molecule has 0 aliphatic rings. The number of fused-ring (bicyclic) bond motifs is 1. The van der Waals surface area contributed by atoms with Gasteiger partial charge in [-0.3, -0.25) is 4.98 Å². The monoisotopic (exact) mass is 283 g/mol. The Morgan fingerprint density at radius 1 is 1.00 bits per heavy atom. The van der Waals surface area contributed by atoms with Crippen molar-refractivity contribution in [2.45, 2.75) is 13.0 Å². The average Bonchev–Trinajstić information content (AvgIpc) is 2.48. The molecule has 1 N–H and O–H groups in total. The summed E-state index contributed by atoms with van der Waals surface area (Å²) in [5, 5.41) is 4.10. The molecule has 4 heteroatoms. The number of anilines is 1. The first kappa shape index (κ1) is 12.9. The quantitative estimate of drug-likeness (QED) is 0.771. The van der Waals surface area contributed by atoms with Crippen LogP contribution in [-0.2, 0) is 0 Å². The first-order valence-electron chi connectivity index (χ1n) is 6.46. The standard InChI is InChI=1S/C16H14ClN3/c1-11(12-6-8-13(17)9-7-12)19-16-10-18-14-4-2-3-5-15(14)20-16/h2-11H,1H3,(H,19,20). The van der Waals surface area contributed by atoms with Gasteiger partial charge in [-0.25, -0.2) is 4.98 Å². The van der Waals surface area contributed by atoms with Gasteiger partial charge in [-0.05, 0) is 36.8 Å². The summed E-state index contributed by atoms with van der Waals surface area (Å²) in [6, 6.07) is 15.8. The van der Waals surface area contributed by atoms with Crippen molar-refractivity contribution >= 4 is 28.5 Å². The molecule has 0 amide bonds. The first-order valence-corrected chi connectivity index (χ1v) is 6.84. The van der Waals surface area contributed by atoms with Gasteiger partial charge in [0.25, 0.3) is 0 Å². The van der Waals surface area contributed by atoms with E-state index in [4.69, 9.17) is 11.6 Å². The van der Waals surface area contributed by atoms with Gasteiger partial charge >= 0.3 is 0 Å². The fourth-order valence-electron chi connectivity index (χ4n) is 2.08. The average molecular weight is 284 g/mol. The topological polar surface area (TPSA) is 37.8 Å². The molecule has 0 aliphatic heterocycles. The second-order valence-electron chi connectivity index (χ2n) is 4.66. The van der Waals surface area contributed by atoms with E-state index < -0.39 is 0 Å². The van der Waals surface area contributed by atoms with Crippen molar-refractivity contribution in [1.82, 2.24) is 9.97 Å². The molecule has 1 aromatic heterocycles. The Bertz CT molecular complexity index is 725. The Labute approximate surface area is 122 Å². The maximum absolute atomic E-state index is 5.90. The summed E-state index contributed by atoms with van der Waals surface area (Å²) in [7, 11) is 0. The molecule has 0 bridgehead atoms. The van der Waals surface area contributed by atoms with Crippen molar-refractivity contribution in [3.05, 3.63) is 65.3 Å². The number of para-hydroxylation sites is 2. The number of hydrogen-bond donors (Lipinski definition) is 1. The molecule has 0 spiro atoms. The van der Waals surface area contributed by atoms with E-state index >= 15 is 0 Å². The van der Waals surface area contributed by atoms with Gasteiger partial charge in [0.05, 0.1) is 17.2 Å². The van der Waals surface area contributed by atoms with Crippen molar-refractivity contribution in [3.63, 3.8) is 0 Å². The molecule has 2 aromatic carbocycles. The van der Waals surface area contributed by atoms with Crippen LogP contribution in [0.15, 0.2) is 54.7 Å². The molecule has 1 atom stereocenters. The van der Waals surface area contributed by atoms with Crippen molar-refractivity contribution in [2.24, 2.45) is 0 Å². The molecule has 1 heterocycles. The summed E-state index contributed by atoms with van der Waals surface area (Å²) in [5.74, 6) is 0.770. The van der Waals surface area contributed by atoms with Gasteiger partial charge in [0, 0.05) is 11.1 Å². The minimum absolute atomic E-state index is 0.141. The summed E-state index contributed by atoms with van der Waals surface area (Å²) in [6.45, 7) is 2.08. The van der Waals surface area contributed by atoms with Gasteiger partial charge < -0.3 is 5.32 Å². The van der Waals surface area contributed by atoms with Crippen molar-refractivity contribution < 1.29 is 0 Å². The summed E-state index contributed by atoms with van der Waals surface area (Å²) < 4.78 is 0. The number of hydrogen-bond acceptors (Lipinski definition) is 3. The van der Waals surface area contributed by atoms with Crippen molar-refractivity contribution in [1.29, 1.82) is 0 Å². The second-order valence-corrected chi connectivity index (χ2v) is 5.10. The van der Waals surface area contributed by atoms with Crippen molar-refractivity contribution in [2.75, 3.05) is 5.32 Å². The maximum Gasteiger partial charge on any atom is 0.145 e. The predicted octanol–water partition coefficient (Wildman–Crippen LogP) is 4.46. The highest BCUT2D eigenvalue weighted by atomic mass is 35.5. The van der Waals surface area contributed by atoms with Gasteiger partial charge in [-0.1, -0.05) is 35.9 Å². The van der Waals surface area contributed by atoms with E-state index in [0.717, 1.165) is 27.4 Å². The lowest BCUT2D eigenvalue weighted by atomic mass is 10.1. The minimum atomic E-state index is 0.141. The second kappa shape index (κ2) is 5.47. The molecule has 0 saturated heterocycles. The van der Waals surface area contributed by atoms with E-state index in [1.54, 1.807) is 6.20 Å². The Hall–Kier alpha value is -2.13. The van der Waals surface area contributed by atoms with E-state index in [2.05, 4.69) is 22.2 Å².